The van der Waals surface area contributed by atoms with E-state index < -0.39 is 11.6 Å². The van der Waals surface area contributed by atoms with Gasteiger partial charge in [0, 0.05) is 5.56 Å². The van der Waals surface area contributed by atoms with Crippen molar-refractivity contribution in [2.24, 2.45) is 0 Å². The van der Waals surface area contributed by atoms with Crippen molar-refractivity contribution in [1.29, 1.82) is 0 Å². The average Bonchev–Trinajstić information content (AvgIpc) is 2.07. The summed E-state index contributed by atoms with van der Waals surface area (Å²) in [6, 6.07) is 2.19. The lowest BCUT2D eigenvalue weighted by molar-refractivity contribution is 0.373. The average molecular weight is 186 g/mol. The zero-order chi connectivity index (χ0) is 10.0. The second-order valence-corrected chi connectivity index (χ2v) is 3.13. The molecule has 1 nitrogen and oxygen atoms in total. The Hall–Kier alpha value is -1.12. The lowest BCUT2D eigenvalue weighted by atomic mass is 10.0. The van der Waals surface area contributed by atoms with Gasteiger partial charge < -0.3 is 4.74 Å². The van der Waals surface area contributed by atoms with Crippen molar-refractivity contribution in [3.63, 3.8) is 0 Å². The molecule has 0 bridgehead atoms. The molecular formula is C10H12F2O. The molecule has 1 aromatic carbocycles. The third-order valence-electron chi connectivity index (χ3n) is 1.88. The van der Waals surface area contributed by atoms with Gasteiger partial charge in [-0.25, -0.2) is 8.78 Å². The maximum Gasteiger partial charge on any atom is 0.165 e. The van der Waals surface area contributed by atoms with E-state index in [2.05, 4.69) is 0 Å². The molecule has 0 atom stereocenters. The van der Waals surface area contributed by atoms with E-state index in [0.29, 0.717) is 5.56 Å². The summed E-state index contributed by atoms with van der Waals surface area (Å²) >= 11 is 0. The SMILES string of the molecule is COc1c(F)ccc(F)c1C(C)C. The first kappa shape index (κ1) is 9.96. The second kappa shape index (κ2) is 3.73. The first-order valence-electron chi connectivity index (χ1n) is 4.09. The highest BCUT2D eigenvalue weighted by molar-refractivity contribution is 5.38. The molecular weight excluding hydrogens is 174 g/mol. The maximum atomic E-state index is 13.2. The molecule has 0 aliphatic rings. The molecule has 0 aliphatic heterocycles. The number of halogens is 2. The van der Waals surface area contributed by atoms with E-state index in [1.54, 1.807) is 13.8 Å². The normalized spacial score (nSPS) is 10.6. The highest BCUT2D eigenvalue weighted by atomic mass is 19.1. The predicted octanol–water partition coefficient (Wildman–Crippen LogP) is 3.10. The molecule has 0 unspecified atom stereocenters. The van der Waals surface area contributed by atoms with Crippen molar-refractivity contribution in [3.8, 4) is 5.75 Å². The van der Waals surface area contributed by atoms with Gasteiger partial charge in [0.25, 0.3) is 0 Å². The van der Waals surface area contributed by atoms with Crippen LogP contribution in [-0.4, -0.2) is 7.11 Å². The molecule has 3 heteroatoms. The highest BCUT2D eigenvalue weighted by Crippen LogP contribution is 2.31. The lowest BCUT2D eigenvalue weighted by Gasteiger charge is -2.12. The van der Waals surface area contributed by atoms with Gasteiger partial charge in [0.1, 0.15) is 5.82 Å². The molecule has 0 aromatic heterocycles. The predicted molar refractivity (Wildman–Crippen MR) is 47.0 cm³/mol. The first-order chi connectivity index (χ1) is 6.07. The molecule has 0 amide bonds. The standard InChI is InChI=1S/C10H12F2O/c1-6(2)9-7(11)4-5-8(12)10(9)13-3/h4-6H,1-3H3. The fourth-order valence-electron chi connectivity index (χ4n) is 1.29. The number of hydrogen-bond acceptors (Lipinski definition) is 1. The first-order valence-corrected chi connectivity index (χ1v) is 4.09. The molecule has 0 N–H and O–H groups in total. The Bertz CT molecular complexity index is 308. The number of hydrogen-bond donors (Lipinski definition) is 0. The van der Waals surface area contributed by atoms with Gasteiger partial charge in [-0.2, -0.15) is 0 Å². The number of rotatable bonds is 2. The van der Waals surface area contributed by atoms with E-state index in [0.717, 1.165) is 12.1 Å². The molecule has 0 fully saturated rings. The molecule has 0 heterocycles. The van der Waals surface area contributed by atoms with Gasteiger partial charge >= 0.3 is 0 Å². The Labute approximate surface area is 76.3 Å². The third-order valence-corrected chi connectivity index (χ3v) is 1.88. The fourth-order valence-corrected chi connectivity index (χ4v) is 1.29. The van der Waals surface area contributed by atoms with Crippen LogP contribution in [0.2, 0.25) is 0 Å². The summed E-state index contributed by atoms with van der Waals surface area (Å²) < 4.78 is 31.1. The molecule has 0 saturated carbocycles. The fraction of sp³-hybridized carbons (Fsp3) is 0.400. The largest absolute Gasteiger partial charge is 0.493 e. The van der Waals surface area contributed by atoms with Gasteiger partial charge in [-0.15, -0.1) is 0 Å². The lowest BCUT2D eigenvalue weighted by Crippen LogP contribution is -2.00. The maximum absolute atomic E-state index is 13.2. The van der Waals surface area contributed by atoms with E-state index >= 15 is 0 Å². The number of benzene rings is 1. The van der Waals surface area contributed by atoms with Crippen LogP contribution in [0.15, 0.2) is 12.1 Å². The van der Waals surface area contributed by atoms with Crippen molar-refractivity contribution in [2.75, 3.05) is 7.11 Å². The molecule has 0 aliphatic carbocycles. The number of ether oxygens (including phenoxy) is 1. The molecule has 1 aromatic rings. The molecule has 1 rings (SSSR count). The monoisotopic (exact) mass is 186 g/mol. The second-order valence-electron chi connectivity index (χ2n) is 3.13. The zero-order valence-corrected chi connectivity index (χ0v) is 7.90. The van der Waals surface area contributed by atoms with Crippen LogP contribution in [0.3, 0.4) is 0 Å². The Balaban J connectivity index is 3.35. The van der Waals surface area contributed by atoms with Crippen molar-refractivity contribution in [3.05, 3.63) is 29.3 Å². The van der Waals surface area contributed by atoms with Gasteiger partial charge in [0.2, 0.25) is 0 Å². The van der Waals surface area contributed by atoms with Crippen molar-refractivity contribution in [2.45, 2.75) is 19.8 Å². The van der Waals surface area contributed by atoms with E-state index in [9.17, 15) is 8.78 Å². The minimum atomic E-state index is -0.521. The van der Waals surface area contributed by atoms with Crippen LogP contribution >= 0.6 is 0 Å². The van der Waals surface area contributed by atoms with Crippen LogP contribution in [-0.2, 0) is 0 Å². The Morgan fingerprint density at radius 1 is 1.15 bits per heavy atom. The van der Waals surface area contributed by atoms with Crippen LogP contribution in [0.1, 0.15) is 25.3 Å². The van der Waals surface area contributed by atoms with Crippen molar-refractivity contribution < 1.29 is 13.5 Å². The van der Waals surface area contributed by atoms with Gasteiger partial charge in [0.15, 0.2) is 11.6 Å². The third kappa shape index (κ3) is 1.79. The summed E-state index contributed by atoms with van der Waals surface area (Å²) in [5.74, 6) is -1.03. The van der Waals surface area contributed by atoms with Crippen LogP contribution in [0.5, 0.6) is 5.75 Å². The van der Waals surface area contributed by atoms with Crippen LogP contribution in [0, 0.1) is 11.6 Å². The quantitative estimate of drug-likeness (QED) is 0.689. The van der Waals surface area contributed by atoms with Crippen molar-refractivity contribution in [1.82, 2.24) is 0 Å². The van der Waals surface area contributed by atoms with Gasteiger partial charge in [-0.3, -0.25) is 0 Å². The number of methoxy groups -OCH3 is 1. The Morgan fingerprint density at radius 2 is 1.69 bits per heavy atom. The van der Waals surface area contributed by atoms with Crippen LogP contribution in [0.4, 0.5) is 8.78 Å². The van der Waals surface area contributed by atoms with Gasteiger partial charge in [-0.05, 0) is 18.1 Å². The Morgan fingerprint density at radius 3 is 2.08 bits per heavy atom. The summed E-state index contributed by atoms with van der Waals surface area (Å²) in [5, 5.41) is 0. The van der Waals surface area contributed by atoms with E-state index in [1.807, 2.05) is 0 Å². The minimum absolute atomic E-state index is 0.00926. The summed E-state index contributed by atoms with van der Waals surface area (Å²) in [4.78, 5) is 0. The molecule has 0 saturated heterocycles. The Kier molecular flexibility index (Phi) is 2.86. The molecule has 0 spiro atoms. The summed E-state index contributed by atoms with van der Waals surface area (Å²) in [7, 11) is 1.34. The topological polar surface area (TPSA) is 9.23 Å². The van der Waals surface area contributed by atoms with Gasteiger partial charge in [-0.1, -0.05) is 13.8 Å². The van der Waals surface area contributed by atoms with E-state index in [4.69, 9.17) is 4.74 Å². The van der Waals surface area contributed by atoms with Crippen LogP contribution in [0.25, 0.3) is 0 Å². The zero-order valence-electron chi connectivity index (χ0n) is 7.90. The smallest absolute Gasteiger partial charge is 0.165 e. The summed E-state index contributed by atoms with van der Waals surface area (Å²) in [6.45, 7) is 3.58. The van der Waals surface area contributed by atoms with Gasteiger partial charge in [0.05, 0.1) is 7.11 Å². The van der Waals surface area contributed by atoms with E-state index in [-0.39, 0.29) is 11.7 Å². The summed E-state index contributed by atoms with van der Waals surface area (Å²) in [5.41, 5.74) is 0.294. The van der Waals surface area contributed by atoms with Crippen molar-refractivity contribution >= 4 is 0 Å². The highest BCUT2D eigenvalue weighted by Gasteiger charge is 2.16. The van der Waals surface area contributed by atoms with Crippen LogP contribution < -0.4 is 4.74 Å². The van der Waals surface area contributed by atoms with E-state index in [1.165, 1.54) is 7.11 Å². The molecule has 0 radical (unpaired) electrons. The molecule has 13 heavy (non-hydrogen) atoms. The minimum Gasteiger partial charge on any atom is -0.493 e. The summed E-state index contributed by atoms with van der Waals surface area (Å²) in [6.07, 6.45) is 0. The molecule has 72 valence electrons.